The van der Waals surface area contributed by atoms with Crippen LogP contribution in [0.25, 0.3) is 0 Å². The second-order valence-electron chi connectivity index (χ2n) is 5.51. The van der Waals surface area contributed by atoms with E-state index in [0.717, 1.165) is 5.56 Å². The van der Waals surface area contributed by atoms with Gasteiger partial charge in [-0.3, -0.25) is 9.59 Å². The number of Topliss-reactive ketones (excluding diaryl/α,β-unsaturated/α-hetero) is 1. The van der Waals surface area contributed by atoms with E-state index in [4.69, 9.17) is 9.47 Å². The standard InChI is InChI=1S/C18H16N2O5/c1-24-16-9-13(20-10-14(21)17(19-23)18(20)22)7-8-15(16)25-11-12-5-3-2-4-6-12/h2-9,17H,10-11H2,1H3. The van der Waals surface area contributed by atoms with Crippen molar-refractivity contribution < 1.29 is 19.1 Å². The second-order valence-corrected chi connectivity index (χ2v) is 5.51. The molecule has 1 unspecified atom stereocenters. The van der Waals surface area contributed by atoms with Crippen molar-refractivity contribution in [3.8, 4) is 11.5 Å². The molecular weight excluding hydrogens is 324 g/mol. The lowest BCUT2D eigenvalue weighted by atomic mass is 10.2. The monoisotopic (exact) mass is 340 g/mol. The van der Waals surface area contributed by atoms with Crippen LogP contribution in [0.15, 0.2) is 53.7 Å². The number of ketones is 1. The fourth-order valence-corrected chi connectivity index (χ4v) is 2.61. The highest BCUT2D eigenvalue weighted by Crippen LogP contribution is 2.33. The molecule has 3 rings (SSSR count). The van der Waals surface area contributed by atoms with E-state index in [9.17, 15) is 14.5 Å². The topological polar surface area (TPSA) is 85.3 Å². The Balaban J connectivity index is 1.79. The van der Waals surface area contributed by atoms with Gasteiger partial charge in [-0.25, -0.2) is 0 Å². The first kappa shape index (κ1) is 16.6. The summed E-state index contributed by atoms with van der Waals surface area (Å²) < 4.78 is 11.1. The van der Waals surface area contributed by atoms with Crippen LogP contribution in [-0.2, 0) is 16.2 Å². The van der Waals surface area contributed by atoms with Gasteiger partial charge in [0, 0.05) is 11.8 Å². The Labute approximate surface area is 144 Å². The molecule has 1 saturated heterocycles. The van der Waals surface area contributed by atoms with E-state index in [1.54, 1.807) is 18.2 Å². The maximum Gasteiger partial charge on any atom is 0.263 e. The van der Waals surface area contributed by atoms with Crippen molar-refractivity contribution in [2.24, 2.45) is 5.18 Å². The first-order chi connectivity index (χ1) is 12.1. The van der Waals surface area contributed by atoms with Gasteiger partial charge in [-0.05, 0) is 22.9 Å². The Morgan fingerprint density at radius 3 is 2.52 bits per heavy atom. The van der Waals surface area contributed by atoms with Gasteiger partial charge in [0.1, 0.15) is 6.61 Å². The quantitative estimate of drug-likeness (QED) is 0.595. The van der Waals surface area contributed by atoms with Crippen molar-refractivity contribution in [2.75, 3.05) is 18.6 Å². The van der Waals surface area contributed by atoms with Crippen molar-refractivity contribution in [3.63, 3.8) is 0 Å². The minimum absolute atomic E-state index is 0.178. The molecular formula is C18H16N2O5. The largest absolute Gasteiger partial charge is 0.493 e. The maximum absolute atomic E-state index is 12.1. The molecule has 0 spiro atoms. The molecule has 0 aliphatic carbocycles. The van der Waals surface area contributed by atoms with E-state index < -0.39 is 17.7 Å². The van der Waals surface area contributed by atoms with E-state index >= 15 is 0 Å². The van der Waals surface area contributed by atoms with Gasteiger partial charge in [-0.2, -0.15) is 0 Å². The van der Waals surface area contributed by atoms with Crippen LogP contribution < -0.4 is 14.4 Å². The van der Waals surface area contributed by atoms with Gasteiger partial charge in [-0.15, -0.1) is 4.91 Å². The zero-order valence-corrected chi connectivity index (χ0v) is 13.5. The summed E-state index contributed by atoms with van der Waals surface area (Å²) in [5, 5.41) is 2.60. The molecule has 0 N–H and O–H groups in total. The minimum Gasteiger partial charge on any atom is -0.493 e. The Bertz CT molecular complexity index is 806. The summed E-state index contributed by atoms with van der Waals surface area (Å²) >= 11 is 0. The number of hydrogen-bond donors (Lipinski definition) is 0. The third-order valence-electron chi connectivity index (χ3n) is 3.92. The number of nitrogens with zero attached hydrogens (tertiary/aromatic N) is 2. The Kier molecular flexibility index (Phi) is 4.74. The van der Waals surface area contributed by atoms with Crippen LogP contribution in [0.3, 0.4) is 0 Å². The number of methoxy groups -OCH3 is 1. The number of rotatable bonds is 6. The van der Waals surface area contributed by atoms with Gasteiger partial charge in [0.05, 0.1) is 13.7 Å². The van der Waals surface area contributed by atoms with Gasteiger partial charge < -0.3 is 14.4 Å². The third kappa shape index (κ3) is 3.35. The molecule has 1 amide bonds. The molecule has 1 heterocycles. The van der Waals surface area contributed by atoms with Crippen LogP contribution in [0, 0.1) is 4.91 Å². The predicted octanol–water partition coefficient (Wildman–Crippen LogP) is 2.32. The summed E-state index contributed by atoms with van der Waals surface area (Å²) in [6, 6.07) is 13.1. The van der Waals surface area contributed by atoms with Crippen molar-refractivity contribution in [2.45, 2.75) is 12.6 Å². The number of carbonyl (C=O) groups excluding carboxylic acids is 2. The van der Waals surface area contributed by atoms with Gasteiger partial charge >= 0.3 is 0 Å². The number of hydrogen-bond acceptors (Lipinski definition) is 6. The normalized spacial score (nSPS) is 16.8. The molecule has 0 radical (unpaired) electrons. The SMILES string of the molecule is COc1cc(N2CC(=O)C(N=O)C2=O)ccc1OCc1ccccc1. The van der Waals surface area contributed by atoms with Gasteiger partial charge in [-0.1, -0.05) is 30.3 Å². The minimum atomic E-state index is -1.46. The Morgan fingerprint density at radius 1 is 1.12 bits per heavy atom. The summed E-state index contributed by atoms with van der Waals surface area (Å²) in [6.45, 7) is 0.192. The van der Waals surface area contributed by atoms with Gasteiger partial charge in [0.15, 0.2) is 17.3 Å². The number of ether oxygens (including phenoxy) is 2. The van der Waals surface area contributed by atoms with Crippen LogP contribution in [0.1, 0.15) is 5.56 Å². The molecule has 7 nitrogen and oxygen atoms in total. The first-order valence-corrected chi connectivity index (χ1v) is 7.65. The first-order valence-electron chi connectivity index (χ1n) is 7.65. The van der Waals surface area contributed by atoms with Crippen LogP contribution >= 0.6 is 0 Å². The zero-order chi connectivity index (χ0) is 17.8. The highest BCUT2D eigenvalue weighted by atomic mass is 16.5. The van der Waals surface area contributed by atoms with E-state index in [1.807, 2.05) is 30.3 Å². The molecule has 2 aromatic rings. The smallest absolute Gasteiger partial charge is 0.263 e. The predicted molar refractivity (Wildman–Crippen MR) is 90.7 cm³/mol. The lowest BCUT2D eigenvalue weighted by molar-refractivity contribution is -0.123. The molecule has 1 atom stereocenters. The molecule has 1 fully saturated rings. The fraction of sp³-hybridized carbons (Fsp3) is 0.222. The molecule has 2 aromatic carbocycles. The van der Waals surface area contributed by atoms with Crippen molar-refractivity contribution in [1.29, 1.82) is 0 Å². The number of anilines is 1. The average Bonchev–Trinajstić information content (AvgIpc) is 2.94. The van der Waals surface area contributed by atoms with Crippen molar-refractivity contribution >= 4 is 17.4 Å². The van der Waals surface area contributed by atoms with E-state index in [-0.39, 0.29) is 6.54 Å². The van der Waals surface area contributed by atoms with E-state index in [1.165, 1.54) is 12.0 Å². The molecule has 1 aliphatic heterocycles. The summed E-state index contributed by atoms with van der Waals surface area (Å²) in [5.41, 5.74) is 1.46. The Morgan fingerprint density at radius 2 is 1.88 bits per heavy atom. The maximum atomic E-state index is 12.1. The third-order valence-corrected chi connectivity index (χ3v) is 3.92. The molecule has 0 bridgehead atoms. The number of carbonyl (C=O) groups is 2. The van der Waals surface area contributed by atoms with Crippen molar-refractivity contribution in [1.82, 2.24) is 0 Å². The molecule has 25 heavy (non-hydrogen) atoms. The van der Waals surface area contributed by atoms with E-state index in [2.05, 4.69) is 5.18 Å². The molecule has 1 aliphatic rings. The van der Waals surface area contributed by atoms with Crippen LogP contribution in [0.4, 0.5) is 5.69 Å². The summed E-state index contributed by atoms with van der Waals surface area (Å²) in [5.74, 6) is -0.197. The average molecular weight is 340 g/mol. The summed E-state index contributed by atoms with van der Waals surface area (Å²) in [4.78, 5) is 35.6. The van der Waals surface area contributed by atoms with Crippen LogP contribution in [-0.4, -0.2) is 31.4 Å². The number of amides is 1. The molecule has 128 valence electrons. The second kappa shape index (κ2) is 7.12. The highest BCUT2D eigenvalue weighted by Gasteiger charge is 2.41. The number of nitroso groups, excluding NO2 is 1. The summed E-state index contributed by atoms with van der Waals surface area (Å²) in [7, 11) is 1.49. The molecule has 7 heteroatoms. The highest BCUT2D eigenvalue weighted by molar-refractivity contribution is 6.20. The van der Waals surface area contributed by atoms with Gasteiger partial charge in [0.2, 0.25) is 6.04 Å². The zero-order valence-electron chi connectivity index (χ0n) is 13.5. The van der Waals surface area contributed by atoms with Crippen LogP contribution in [0.2, 0.25) is 0 Å². The Hall–Kier alpha value is -3.22. The molecule has 0 saturated carbocycles. The molecule has 0 aromatic heterocycles. The van der Waals surface area contributed by atoms with E-state index in [0.29, 0.717) is 23.8 Å². The summed E-state index contributed by atoms with van der Waals surface area (Å²) in [6.07, 6.45) is 0. The number of benzene rings is 2. The lowest BCUT2D eigenvalue weighted by Crippen LogP contribution is -2.28. The lowest BCUT2D eigenvalue weighted by Gasteiger charge is -2.17. The fourth-order valence-electron chi connectivity index (χ4n) is 2.61. The van der Waals surface area contributed by atoms with Gasteiger partial charge in [0.25, 0.3) is 5.91 Å². The van der Waals surface area contributed by atoms with Crippen molar-refractivity contribution in [3.05, 3.63) is 59.0 Å². The van der Waals surface area contributed by atoms with Crippen LogP contribution in [0.5, 0.6) is 11.5 Å².